The van der Waals surface area contributed by atoms with Gasteiger partial charge in [-0.05, 0) is 38.2 Å². The van der Waals surface area contributed by atoms with E-state index < -0.39 is 0 Å². The molecule has 1 aromatic carbocycles. The first-order valence-corrected chi connectivity index (χ1v) is 9.74. The van der Waals surface area contributed by atoms with Gasteiger partial charge in [0, 0.05) is 62.8 Å². The lowest BCUT2D eigenvalue weighted by molar-refractivity contribution is 0.174. The van der Waals surface area contributed by atoms with Gasteiger partial charge < -0.3 is 19.7 Å². The fraction of sp³-hybridized carbons (Fsp3) is 0.474. The van der Waals surface area contributed by atoms with Crippen molar-refractivity contribution < 1.29 is 9.47 Å². The monoisotopic (exact) mass is 387 g/mol. The van der Waals surface area contributed by atoms with Crippen LogP contribution in [0.5, 0.6) is 11.5 Å². The Balaban J connectivity index is 1.29. The fourth-order valence-corrected chi connectivity index (χ4v) is 3.70. The summed E-state index contributed by atoms with van der Waals surface area (Å²) in [6.07, 6.45) is 2.16. The summed E-state index contributed by atoms with van der Waals surface area (Å²) in [5.74, 6) is 1.54. The SMILES string of the molecule is CCn1cc(CN2CCN(C(=S)Nc3ccc4c(c3)OCO4)CC2)c(C)n1. The number of hydrogen-bond acceptors (Lipinski definition) is 5. The van der Waals surface area contributed by atoms with Crippen molar-refractivity contribution in [2.45, 2.75) is 26.9 Å². The molecule has 144 valence electrons. The van der Waals surface area contributed by atoms with Crippen LogP contribution in [-0.4, -0.2) is 57.7 Å². The quantitative estimate of drug-likeness (QED) is 0.809. The first-order valence-electron chi connectivity index (χ1n) is 9.33. The molecule has 7 nitrogen and oxygen atoms in total. The molecule has 1 N–H and O–H groups in total. The maximum atomic E-state index is 5.60. The Hall–Kier alpha value is -2.32. The summed E-state index contributed by atoms with van der Waals surface area (Å²) in [5.41, 5.74) is 3.36. The zero-order valence-corrected chi connectivity index (χ0v) is 16.6. The van der Waals surface area contributed by atoms with E-state index in [-0.39, 0.29) is 6.79 Å². The highest BCUT2D eigenvalue weighted by atomic mass is 32.1. The Labute approximate surface area is 164 Å². The summed E-state index contributed by atoms with van der Waals surface area (Å²) in [6.45, 7) is 10.1. The predicted molar refractivity (Wildman–Crippen MR) is 108 cm³/mol. The maximum Gasteiger partial charge on any atom is 0.231 e. The van der Waals surface area contributed by atoms with Crippen LogP contribution >= 0.6 is 12.2 Å². The van der Waals surface area contributed by atoms with E-state index in [0.717, 1.165) is 67.3 Å². The number of thiocarbonyl (C=S) groups is 1. The molecule has 0 atom stereocenters. The van der Waals surface area contributed by atoms with Crippen LogP contribution in [0.25, 0.3) is 0 Å². The number of piperazine rings is 1. The summed E-state index contributed by atoms with van der Waals surface area (Å²) < 4.78 is 12.8. The molecule has 3 heterocycles. The van der Waals surface area contributed by atoms with Crippen LogP contribution in [0.4, 0.5) is 5.69 Å². The maximum absolute atomic E-state index is 5.60. The highest BCUT2D eigenvalue weighted by Gasteiger charge is 2.21. The highest BCUT2D eigenvalue weighted by Crippen LogP contribution is 2.34. The van der Waals surface area contributed by atoms with Crippen LogP contribution in [0.2, 0.25) is 0 Å². The summed E-state index contributed by atoms with van der Waals surface area (Å²) in [4.78, 5) is 4.68. The molecule has 1 saturated heterocycles. The normalized spacial score (nSPS) is 16.6. The molecule has 0 amide bonds. The Morgan fingerprint density at radius 2 is 1.96 bits per heavy atom. The molecule has 0 saturated carbocycles. The van der Waals surface area contributed by atoms with Gasteiger partial charge in [-0.3, -0.25) is 9.58 Å². The third-order valence-electron chi connectivity index (χ3n) is 5.05. The van der Waals surface area contributed by atoms with E-state index in [4.69, 9.17) is 21.7 Å². The van der Waals surface area contributed by atoms with Crippen LogP contribution in [0.15, 0.2) is 24.4 Å². The average Bonchev–Trinajstić information content (AvgIpc) is 3.28. The van der Waals surface area contributed by atoms with E-state index in [1.165, 1.54) is 5.56 Å². The zero-order valence-electron chi connectivity index (χ0n) is 15.8. The van der Waals surface area contributed by atoms with Crippen molar-refractivity contribution in [1.82, 2.24) is 19.6 Å². The fourth-order valence-electron chi connectivity index (χ4n) is 3.40. The van der Waals surface area contributed by atoms with Crippen LogP contribution in [-0.2, 0) is 13.1 Å². The molecule has 0 unspecified atom stereocenters. The van der Waals surface area contributed by atoms with Gasteiger partial charge in [-0.1, -0.05) is 0 Å². The van der Waals surface area contributed by atoms with Gasteiger partial charge in [-0.25, -0.2) is 0 Å². The molecule has 0 aliphatic carbocycles. The van der Waals surface area contributed by atoms with E-state index >= 15 is 0 Å². The largest absolute Gasteiger partial charge is 0.454 e. The number of nitrogens with zero attached hydrogens (tertiary/aromatic N) is 4. The molecule has 0 bridgehead atoms. The second-order valence-electron chi connectivity index (χ2n) is 6.86. The number of nitrogens with one attached hydrogen (secondary N) is 1. The molecule has 2 aromatic rings. The number of benzene rings is 1. The van der Waals surface area contributed by atoms with Crippen LogP contribution in [0.3, 0.4) is 0 Å². The van der Waals surface area contributed by atoms with Crippen molar-refractivity contribution in [2.75, 3.05) is 38.3 Å². The van der Waals surface area contributed by atoms with Gasteiger partial charge in [0.1, 0.15) is 0 Å². The highest BCUT2D eigenvalue weighted by molar-refractivity contribution is 7.80. The molecular weight excluding hydrogens is 362 g/mol. The molecule has 4 rings (SSSR count). The van der Waals surface area contributed by atoms with Crippen LogP contribution in [0, 0.1) is 6.92 Å². The van der Waals surface area contributed by atoms with Gasteiger partial charge in [0.05, 0.1) is 5.69 Å². The van der Waals surface area contributed by atoms with E-state index in [9.17, 15) is 0 Å². The standard InChI is InChI=1S/C19H25N5O2S/c1-3-24-12-15(14(2)21-24)11-22-6-8-23(9-7-22)19(27)20-16-4-5-17-18(10-16)26-13-25-17/h4-5,10,12H,3,6-9,11,13H2,1-2H3,(H,20,27). The van der Waals surface area contributed by atoms with Crippen LogP contribution in [0.1, 0.15) is 18.2 Å². The topological polar surface area (TPSA) is 54.8 Å². The van der Waals surface area contributed by atoms with Crippen molar-refractivity contribution >= 4 is 23.0 Å². The lowest BCUT2D eigenvalue weighted by Crippen LogP contribution is -2.49. The zero-order chi connectivity index (χ0) is 18.8. The Morgan fingerprint density at radius 1 is 1.19 bits per heavy atom. The number of hydrogen-bond donors (Lipinski definition) is 1. The third kappa shape index (κ3) is 4.01. The molecule has 8 heteroatoms. The first kappa shape index (κ1) is 18.1. The van der Waals surface area contributed by atoms with Gasteiger partial charge in [0.2, 0.25) is 6.79 Å². The van der Waals surface area contributed by atoms with Crippen LogP contribution < -0.4 is 14.8 Å². The first-order chi connectivity index (χ1) is 13.1. The second kappa shape index (κ2) is 7.74. The van der Waals surface area contributed by atoms with Gasteiger partial charge in [0.25, 0.3) is 0 Å². The van der Waals surface area contributed by atoms with E-state index in [0.29, 0.717) is 0 Å². The van der Waals surface area contributed by atoms with E-state index in [2.05, 4.69) is 40.3 Å². The lowest BCUT2D eigenvalue weighted by atomic mass is 10.2. The van der Waals surface area contributed by atoms with Gasteiger partial charge in [0.15, 0.2) is 16.6 Å². The smallest absolute Gasteiger partial charge is 0.231 e. The lowest BCUT2D eigenvalue weighted by Gasteiger charge is -2.36. The number of ether oxygens (including phenoxy) is 2. The summed E-state index contributed by atoms with van der Waals surface area (Å²) in [6, 6.07) is 5.80. The summed E-state index contributed by atoms with van der Waals surface area (Å²) >= 11 is 5.60. The molecule has 2 aliphatic rings. The summed E-state index contributed by atoms with van der Waals surface area (Å²) in [7, 11) is 0. The molecular formula is C19H25N5O2S. The molecule has 0 spiro atoms. The number of fused-ring (bicyclic) bond motifs is 1. The van der Waals surface area contributed by atoms with E-state index in [1.807, 2.05) is 22.9 Å². The number of anilines is 1. The number of aromatic nitrogens is 2. The van der Waals surface area contributed by atoms with Gasteiger partial charge >= 0.3 is 0 Å². The van der Waals surface area contributed by atoms with Crippen molar-refractivity contribution in [2.24, 2.45) is 0 Å². The third-order valence-corrected chi connectivity index (χ3v) is 5.41. The minimum Gasteiger partial charge on any atom is -0.454 e. The number of rotatable bonds is 4. The Bertz CT molecular complexity index is 830. The van der Waals surface area contributed by atoms with Crippen molar-refractivity contribution in [3.05, 3.63) is 35.7 Å². The second-order valence-corrected chi connectivity index (χ2v) is 7.24. The predicted octanol–water partition coefficient (Wildman–Crippen LogP) is 2.45. The average molecular weight is 388 g/mol. The van der Waals surface area contributed by atoms with Crippen molar-refractivity contribution in [3.63, 3.8) is 0 Å². The summed E-state index contributed by atoms with van der Waals surface area (Å²) in [5, 5.41) is 8.61. The number of aryl methyl sites for hydroxylation is 2. The van der Waals surface area contributed by atoms with Gasteiger partial charge in [-0.2, -0.15) is 5.10 Å². The molecule has 1 fully saturated rings. The molecule has 2 aliphatic heterocycles. The van der Waals surface area contributed by atoms with Gasteiger partial charge in [-0.15, -0.1) is 0 Å². The van der Waals surface area contributed by atoms with Crippen molar-refractivity contribution in [3.8, 4) is 11.5 Å². The Kier molecular flexibility index (Phi) is 5.18. The molecule has 1 aromatic heterocycles. The minimum atomic E-state index is 0.280. The Morgan fingerprint density at radius 3 is 2.70 bits per heavy atom. The van der Waals surface area contributed by atoms with Crippen molar-refractivity contribution in [1.29, 1.82) is 0 Å². The van der Waals surface area contributed by atoms with E-state index in [1.54, 1.807) is 0 Å². The minimum absolute atomic E-state index is 0.280. The molecule has 27 heavy (non-hydrogen) atoms. The molecule has 0 radical (unpaired) electrons.